The van der Waals surface area contributed by atoms with E-state index in [1.807, 2.05) is 0 Å². The molecule has 1 aromatic rings. The largest absolute Gasteiger partial charge is 0.402 e. The fourth-order valence-electron chi connectivity index (χ4n) is 2.20. The number of hydrogen-bond acceptors (Lipinski definition) is 2. The smallest absolute Gasteiger partial charge is 0.128 e. The van der Waals surface area contributed by atoms with Crippen LogP contribution in [-0.2, 0) is 0 Å². The number of hydrogen-bond donors (Lipinski definition) is 2. The highest BCUT2D eigenvalue weighted by Gasteiger charge is 2.31. The highest BCUT2D eigenvalue weighted by molar-refractivity contribution is 6.30. The highest BCUT2D eigenvalue weighted by atomic mass is 35.5. The molecule has 1 aliphatic heterocycles. The van der Waals surface area contributed by atoms with E-state index in [4.69, 9.17) is 17.3 Å². The standard InChI is InChI=1S/C12H14ClFN2/c1-7(15)10-5-16-6-11(10)9-3-2-8(13)4-12(9)14/h2-4,10-11,16H,1,5-6,15H2/t10-,11-/m0/s1. The van der Waals surface area contributed by atoms with Gasteiger partial charge in [-0.3, -0.25) is 0 Å². The van der Waals surface area contributed by atoms with Gasteiger partial charge in [-0.05, 0) is 17.7 Å². The Morgan fingerprint density at radius 3 is 2.88 bits per heavy atom. The first-order chi connectivity index (χ1) is 7.59. The van der Waals surface area contributed by atoms with E-state index in [1.165, 1.54) is 6.07 Å². The molecular weight excluding hydrogens is 227 g/mol. The Bertz CT molecular complexity index is 419. The van der Waals surface area contributed by atoms with Crippen molar-refractivity contribution in [3.8, 4) is 0 Å². The summed E-state index contributed by atoms with van der Waals surface area (Å²) in [6.45, 7) is 5.22. The van der Waals surface area contributed by atoms with Gasteiger partial charge in [0, 0.05) is 35.6 Å². The van der Waals surface area contributed by atoms with Crippen LogP contribution in [0.1, 0.15) is 11.5 Å². The van der Waals surface area contributed by atoms with Crippen molar-refractivity contribution in [3.05, 3.63) is 46.9 Å². The molecule has 86 valence electrons. The molecule has 0 aliphatic carbocycles. The minimum Gasteiger partial charge on any atom is -0.402 e. The Morgan fingerprint density at radius 2 is 2.25 bits per heavy atom. The molecule has 1 aromatic carbocycles. The van der Waals surface area contributed by atoms with E-state index in [2.05, 4.69) is 11.9 Å². The molecule has 1 fully saturated rings. The van der Waals surface area contributed by atoms with E-state index in [0.29, 0.717) is 16.3 Å². The Balaban J connectivity index is 2.32. The van der Waals surface area contributed by atoms with Crippen LogP contribution in [0.4, 0.5) is 4.39 Å². The van der Waals surface area contributed by atoms with Crippen LogP contribution in [0.2, 0.25) is 5.02 Å². The summed E-state index contributed by atoms with van der Waals surface area (Å²) in [7, 11) is 0. The van der Waals surface area contributed by atoms with Gasteiger partial charge in [0.05, 0.1) is 0 Å². The number of nitrogens with two attached hydrogens (primary N) is 1. The molecule has 2 atom stereocenters. The fraction of sp³-hybridized carbons (Fsp3) is 0.333. The monoisotopic (exact) mass is 240 g/mol. The minimum absolute atomic E-state index is 0.0507. The quantitative estimate of drug-likeness (QED) is 0.832. The van der Waals surface area contributed by atoms with Crippen LogP contribution >= 0.6 is 11.6 Å². The zero-order valence-corrected chi connectivity index (χ0v) is 9.60. The second-order valence-corrected chi connectivity index (χ2v) is 4.55. The van der Waals surface area contributed by atoms with Gasteiger partial charge in [-0.25, -0.2) is 4.39 Å². The van der Waals surface area contributed by atoms with Crippen molar-refractivity contribution in [2.45, 2.75) is 5.92 Å². The molecule has 0 aromatic heterocycles. The SMILES string of the molecule is C=C(N)[C@@H]1CNC[C@H]1c1ccc(Cl)cc1F. The van der Waals surface area contributed by atoms with Gasteiger partial charge in [-0.15, -0.1) is 0 Å². The summed E-state index contributed by atoms with van der Waals surface area (Å²) in [5.74, 6) is -0.127. The minimum atomic E-state index is -0.271. The zero-order chi connectivity index (χ0) is 11.7. The average molecular weight is 241 g/mol. The van der Waals surface area contributed by atoms with Gasteiger partial charge < -0.3 is 11.1 Å². The zero-order valence-electron chi connectivity index (χ0n) is 8.84. The van der Waals surface area contributed by atoms with Crippen LogP contribution < -0.4 is 11.1 Å². The lowest BCUT2D eigenvalue weighted by Crippen LogP contribution is -2.18. The van der Waals surface area contributed by atoms with Crippen LogP contribution in [0.5, 0.6) is 0 Å². The van der Waals surface area contributed by atoms with Crippen molar-refractivity contribution in [1.82, 2.24) is 5.32 Å². The van der Waals surface area contributed by atoms with Crippen LogP contribution in [0.25, 0.3) is 0 Å². The normalized spacial score (nSPS) is 24.6. The number of benzene rings is 1. The van der Waals surface area contributed by atoms with E-state index in [0.717, 1.165) is 13.1 Å². The summed E-state index contributed by atoms with van der Waals surface area (Å²) < 4.78 is 13.8. The molecule has 0 amide bonds. The Kier molecular flexibility index (Phi) is 3.17. The van der Waals surface area contributed by atoms with Gasteiger partial charge in [0.15, 0.2) is 0 Å². The molecule has 0 unspecified atom stereocenters. The number of halogens is 2. The Labute approximate surface area is 99.3 Å². The lowest BCUT2D eigenvalue weighted by molar-refractivity contribution is 0.542. The molecular formula is C12H14ClFN2. The molecule has 0 bridgehead atoms. The summed E-state index contributed by atoms with van der Waals surface area (Å²) in [6, 6.07) is 4.77. The van der Waals surface area contributed by atoms with Gasteiger partial charge in [0.2, 0.25) is 0 Å². The number of rotatable bonds is 2. The highest BCUT2D eigenvalue weighted by Crippen LogP contribution is 2.33. The maximum Gasteiger partial charge on any atom is 0.128 e. The predicted octanol–water partition coefficient (Wildman–Crippen LogP) is 2.25. The third-order valence-corrected chi connectivity index (χ3v) is 3.29. The molecule has 1 heterocycles. The summed E-state index contributed by atoms with van der Waals surface area (Å²) >= 11 is 5.72. The molecule has 1 aliphatic rings. The third kappa shape index (κ3) is 2.06. The van der Waals surface area contributed by atoms with Crippen LogP contribution in [0, 0.1) is 11.7 Å². The van der Waals surface area contributed by atoms with Crippen molar-refractivity contribution < 1.29 is 4.39 Å². The van der Waals surface area contributed by atoms with Gasteiger partial charge >= 0.3 is 0 Å². The van der Waals surface area contributed by atoms with E-state index in [-0.39, 0.29) is 17.7 Å². The van der Waals surface area contributed by atoms with Crippen LogP contribution in [-0.4, -0.2) is 13.1 Å². The first-order valence-corrected chi connectivity index (χ1v) is 5.57. The number of nitrogens with one attached hydrogen (secondary N) is 1. The molecule has 0 spiro atoms. The lowest BCUT2D eigenvalue weighted by Gasteiger charge is -2.19. The van der Waals surface area contributed by atoms with E-state index < -0.39 is 0 Å². The maximum absolute atomic E-state index is 13.8. The van der Waals surface area contributed by atoms with Gasteiger partial charge in [-0.1, -0.05) is 24.2 Å². The second kappa shape index (κ2) is 4.44. The Hall–Kier alpha value is -1.06. The van der Waals surface area contributed by atoms with Crippen molar-refractivity contribution in [1.29, 1.82) is 0 Å². The summed E-state index contributed by atoms with van der Waals surface area (Å²) in [6.07, 6.45) is 0. The Morgan fingerprint density at radius 1 is 1.50 bits per heavy atom. The molecule has 0 radical (unpaired) electrons. The molecule has 4 heteroatoms. The molecule has 2 nitrogen and oxygen atoms in total. The van der Waals surface area contributed by atoms with Crippen LogP contribution in [0.3, 0.4) is 0 Å². The van der Waals surface area contributed by atoms with E-state index in [1.54, 1.807) is 12.1 Å². The average Bonchev–Trinajstić information content (AvgIpc) is 2.66. The third-order valence-electron chi connectivity index (χ3n) is 3.05. The summed E-state index contributed by atoms with van der Waals surface area (Å²) in [5.41, 5.74) is 6.98. The lowest BCUT2D eigenvalue weighted by atomic mass is 9.87. The maximum atomic E-state index is 13.8. The van der Waals surface area contributed by atoms with Crippen LogP contribution in [0.15, 0.2) is 30.5 Å². The first kappa shape index (κ1) is 11.4. The van der Waals surface area contributed by atoms with Gasteiger partial charge in [0.25, 0.3) is 0 Å². The van der Waals surface area contributed by atoms with Crippen molar-refractivity contribution in [2.75, 3.05) is 13.1 Å². The molecule has 1 saturated heterocycles. The topological polar surface area (TPSA) is 38.0 Å². The predicted molar refractivity (Wildman–Crippen MR) is 63.8 cm³/mol. The molecule has 2 rings (SSSR count). The fourth-order valence-corrected chi connectivity index (χ4v) is 2.36. The summed E-state index contributed by atoms with van der Waals surface area (Å²) in [5, 5.41) is 3.62. The first-order valence-electron chi connectivity index (χ1n) is 5.19. The van der Waals surface area contributed by atoms with Gasteiger partial charge in [-0.2, -0.15) is 0 Å². The van der Waals surface area contributed by atoms with Gasteiger partial charge in [0.1, 0.15) is 5.82 Å². The summed E-state index contributed by atoms with van der Waals surface area (Å²) in [4.78, 5) is 0. The molecule has 0 saturated carbocycles. The van der Waals surface area contributed by atoms with Crippen molar-refractivity contribution >= 4 is 11.6 Å². The molecule has 3 N–H and O–H groups in total. The van der Waals surface area contributed by atoms with Crippen molar-refractivity contribution in [2.24, 2.45) is 11.7 Å². The van der Waals surface area contributed by atoms with Crippen molar-refractivity contribution in [3.63, 3.8) is 0 Å². The van der Waals surface area contributed by atoms with E-state index in [9.17, 15) is 4.39 Å². The van der Waals surface area contributed by atoms with E-state index >= 15 is 0 Å². The molecule has 16 heavy (non-hydrogen) atoms. The second-order valence-electron chi connectivity index (χ2n) is 4.11.